The average molecular weight is 210 g/mol. The molecule has 0 aromatic carbocycles. The second-order valence-electron chi connectivity index (χ2n) is 4.50. The van der Waals surface area contributed by atoms with Gasteiger partial charge < -0.3 is 5.32 Å². The standard InChI is InChI=1S/C12H22N2O/c1-4-12(15)13-9-11(10(2)3)14-7-5-6-8-14/h4,10-11H,1,5-9H2,2-3H3,(H,13,15). The Balaban J connectivity index is 2.42. The number of hydrogen-bond donors (Lipinski definition) is 1. The minimum atomic E-state index is -0.0696. The van der Waals surface area contributed by atoms with E-state index in [0.717, 1.165) is 6.54 Å². The van der Waals surface area contributed by atoms with E-state index in [1.807, 2.05) is 0 Å². The van der Waals surface area contributed by atoms with Crippen LogP contribution in [0.3, 0.4) is 0 Å². The number of amides is 1. The molecule has 1 rings (SSSR count). The Morgan fingerprint density at radius 1 is 1.47 bits per heavy atom. The van der Waals surface area contributed by atoms with Gasteiger partial charge in [-0.1, -0.05) is 20.4 Å². The predicted octanol–water partition coefficient (Wildman–Crippen LogP) is 1.41. The first-order valence-electron chi connectivity index (χ1n) is 5.79. The molecule has 1 amide bonds. The molecule has 0 aromatic heterocycles. The van der Waals surface area contributed by atoms with Crippen molar-refractivity contribution in [3.63, 3.8) is 0 Å². The molecule has 1 saturated heterocycles. The quantitative estimate of drug-likeness (QED) is 0.696. The summed E-state index contributed by atoms with van der Waals surface area (Å²) in [6.45, 7) is 11.0. The van der Waals surface area contributed by atoms with Gasteiger partial charge in [0.25, 0.3) is 0 Å². The van der Waals surface area contributed by atoms with Crippen molar-refractivity contribution >= 4 is 5.91 Å². The van der Waals surface area contributed by atoms with Gasteiger partial charge in [0.05, 0.1) is 0 Å². The van der Waals surface area contributed by atoms with Crippen molar-refractivity contribution in [1.29, 1.82) is 0 Å². The largest absolute Gasteiger partial charge is 0.351 e. The number of nitrogens with zero attached hydrogens (tertiary/aromatic N) is 1. The smallest absolute Gasteiger partial charge is 0.243 e. The maximum Gasteiger partial charge on any atom is 0.243 e. The van der Waals surface area contributed by atoms with Crippen molar-refractivity contribution in [2.45, 2.75) is 32.7 Å². The first-order valence-corrected chi connectivity index (χ1v) is 5.79. The van der Waals surface area contributed by atoms with Crippen molar-refractivity contribution in [3.05, 3.63) is 12.7 Å². The topological polar surface area (TPSA) is 32.3 Å². The van der Waals surface area contributed by atoms with Crippen LogP contribution in [0.25, 0.3) is 0 Å². The van der Waals surface area contributed by atoms with E-state index in [1.54, 1.807) is 0 Å². The Morgan fingerprint density at radius 2 is 2.07 bits per heavy atom. The summed E-state index contributed by atoms with van der Waals surface area (Å²) in [7, 11) is 0. The Bertz CT molecular complexity index is 220. The molecule has 0 bridgehead atoms. The molecule has 0 aromatic rings. The lowest BCUT2D eigenvalue weighted by molar-refractivity contribution is -0.116. The van der Waals surface area contributed by atoms with E-state index in [4.69, 9.17) is 0 Å². The highest BCUT2D eigenvalue weighted by atomic mass is 16.1. The third-order valence-corrected chi connectivity index (χ3v) is 3.05. The maximum absolute atomic E-state index is 11.1. The van der Waals surface area contributed by atoms with E-state index in [9.17, 15) is 4.79 Å². The second-order valence-corrected chi connectivity index (χ2v) is 4.50. The molecule has 1 N–H and O–H groups in total. The van der Waals surface area contributed by atoms with E-state index < -0.39 is 0 Å². The van der Waals surface area contributed by atoms with Gasteiger partial charge >= 0.3 is 0 Å². The molecule has 0 aliphatic carbocycles. The van der Waals surface area contributed by atoms with E-state index >= 15 is 0 Å². The summed E-state index contributed by atoms with van der Waals surface area (Å²) in [6.07, 6.45) is 3.92. The molecule has 3 heteroatoms. The van der Waals surface area contributed by atoms with Crippen LogP contribution < -0.4 is 5.32 Å². The lowest BCUT2D eigenvalue weighted by Crippen LogP contribution is -2.45. The number of hydrogen-bond acceptors (Lipinski definition) is 2. The van der Waals surface area contributed by atoms with Gasteiger partial charge in [0, 0.05) is 12.6 Å². The lowest BCUT2D eigenvalue weighted by Gasteiger charge is -2.30. The van der Waals surface area contributed by atoms with Crippen LogP contribution in [0.4, 0.5) is 0 Å². The van der Waals surface area contributed by atoms with Crippen LogP contribution in [0.15, 0.2) is 12.7 Å². The molecular formula is C12H22N2O. The molecule has 0 saturated carbocycles. The van der Waals surface area contributed by atoms with Crippen molar-refractivity contribution in [2.24, 2.45) is 5.92 Å². The molecule has 86 valence electrons. The molecule has 3 nitrogen and oxygen atoms in total. The summed E-state index contributed by atoms with van der Waals surface area (Å²) in [4.78, 5) is 13.6. The van der Waals surface area contributed by atoms with Gasteiger partial charge in [0.2, 0.25) is 5.91 Å². The van der Waals surface area contributed by atoms with E-state index in [-0.39, 0.29) is 5.91 Å². The summed E-state index contributed by atoms with van der Waals surface area (Å²) in [5, 5.41) is 2.89. The molecule has 1 unspecified atom stereocenters. The van der Waals surface area contributed by atoms with Crippen molar-refractivity contribution in [3.8, 4) is 0 Å². The average Bonchev–Trinajstić information content (AvgIpc) is 2.70. The maximum atomic E-state index is 11.1. The summed E-state index contributed by atoms with van der Waals surface area (Å²) in [5.41, 5.74) is 0. The zero-order chi connectivity index (χ0) is 11.3. The molecule has 1 fully saturated rings. The molecule has 0 spiro atoms. The molecule has 1 heterocycles. The Hall–Kier alpha value is -0.830. The number of rotatable bonds is 5. The van der Waals surface area contributed by atoms with Gasteiger partial charge in [-0.05, 0) is 37.9 Å². The summed E-state index contributed by atoms with van der Waals surface area (Å²) < 4.78 is 0. The minimum Gasteiger partial charge on any atom is -0.351 e. The Kier molecular flexibility index (Phi) is 4.82. The van der Waals surface area contributed by atoms with Gasteiger partial charge in [-0.15, -0.1) is 0 Å². The van der Waals surface area contributed by atoms with Crippen LogP contribution in [-0.2, 0) is 4.79 Å². The molecule has 1 aliphatic heterocycles. The minimum absolute atomic E-state index is 0.0696. The van der Waals surface area contributed by atoms with Crippen molar-refractivity contribution in [1.82, 2.24) is 10.2 Å². The third kappa shape index (κ3) is 3.67. The SMILES string of the molecule is C=CC(=O)NCC(C(C)C)N1CCCC1. The fourth-order valence-electron chi connectivity index (χ4n) is 2.14. The van der Waals surface area contributed by atoms with Crippen LogP contribution in [0, 0.1) is 5.92 Å². The predicted molar refractivity (Wildman–Crippen MR) is 62.6 cm³/mol. The van der Waals surface area contributed by atoms with Gasteiger partial charge in [-0.3, -0.25) is 9.69 Å². The van der Waals surface area contributed by atoms with Crippen LogP contribution in [0.5, 0.6) is 0 Å². The molecule has 1 aliphatic rings. The number of carbonyl (C=O) groups is 1. The normalized spacial score (nSPS) is 19.1. The van der Waals surface area contributed by atoms with Crippen LogP contribution in [-0.4, -0.2) is 36.5 Å². The van der Waals surface area contributed by atoms with E-state index in [0.29, 0.717) is 12.0 Å². The van der Waals surface area contributed by atoms with Gasteiger partial charge in [0.1, 0.15) is 0 Å². The molecule has 0 radical (unpaired) electrons. The van der Waals surface area contributed by atoms with Crippen molar-refractivity contribution < 1.29 is 4.79 Å². The molecule has 15 heavy (non-hydrogen) atoms. The zero-order valence-corrected chi connectivity index (χ0v) is 9.83. The van der Waals surface area contributed by atoms with Crippen LogP contribution >= 0.6 is 0 Å². The molecular weight excluding hydrogens is 188 g/mol. The summed E-state index contributed by atoms with van der Waals surface area (Å²) in [6, 6.07) is 0.469. The Morgan fingerprint density at radius 3 is 2.53 bits per heavy atom. The number of likely N-dealkylation sites (tertiary alicyclic amines) is 1. The highest BCUT2D eigenvalue weighted by Crippen LogP contribution is 2.16. The van der Waals surface area contributed by atoms with Crippen LogP contribution in [0.1, 0.15) is 26.7 Å². The zero-order valence-electron chi connectivity index (χ0n) is 9.83. The fraction of sp³-hybridized carbons (Fsp3) is 0.750. The van der Waals surface area contributed by atoms with Gasteiger partial charge in [-0.25, -0.2) is 0 Å². The van der Waals surface area contributed by atoms with Gasteiger partial charge in [-0.2, -0.15) is 0 Å². The fourth-order valence-corrected chi connectivity index (χ4v) is 2.14. The first kappa shape index (κ1) is 12.2. The highest BCUT2D eigenvalue weighted by molar-refractivity contribution is 5.86. The highest BCUT2D eigenvalue weighted by Gasteiger charge is 2.24. The molecule has 1 atom stereocenters. The van der Waals surface area contributed by atoms with E-state index in [2.05, 4.69) is 30.6 Å². The van der Waals surface area contributed by atoms with Crippen molar-refractivity contribution in [2.75, 3.05) is 19.6 Å². The number of nitrogens with one attached hydrogen (secondary N) is 1. The third-order valence-electron chi connectivity index (χ3n) is 3.05. The van der Waals surface area contributed by atoms with E-state index in [1.165, 1.54) is 32.0 Å². The second kappa shape index (κ2) is 5.91. The van der Waals surface area contributed by atoms with Crippen LogP contribution in [0.2, 0.25) is 0 Å². The monoisotopic (exact) mass is 210 g/mol. The summed E-state index contributed by atoms with van der Waals surface area (Å²) >= 11 is 0. The number of carbonyl (C=O) groups excluding carboxylic acids is 1. The summed E-state index contributed by atoms with van der Waals surface area (Å²) in [5.74, 6) is 0.507. The Labute approximate surface area is 92.5 Å². The van der Waals surface area contributed by atoms with Gasteiger partial charge in [0.15, 0.2) is 0 Å². The lowest BCUT2D eigenvalue weighted by atomic mass is 10.0. The first-order chi connectivity index (χ1) is 7.15.